The van der Waals surface area contributed by atoms with Crippen LogP contribution in [0.4, 0.5) is 0 Å². The predicted octanol–water partition coefficient (Wildman–Crippen LogP) is 5.04. The zero-order chi connectivity index (χ0) is 20.1. The Bertz CT molecular complexity index is 682. The van der Waals surface area contributed by atoms with Crippen molar-refractivity contribution in [3.63, 3.8) is 0 Å². The van der Waals surface area contributed by atoms with Crippen LogP contribution in [0.3, 0.4) is 0 Å². The first kappa shape index (κ1) is 23.4. The Morgan fingerprint density at radius 3 is 2.53 bits per heavy atom. The van der Waals surface area contributed by atoms with Crippen molar-refractivity contribution in [1.29, 1.82) is 0 Å². The molecule has 5 heteroatoms. The summed E-state index contributed by atoms with van der Waals surface area (Å²) in [4.78, 5) is 17.5. The van der Waals surface area contributed by atoms with Crippen LogP contribution in [-0.4, -0.2) is 55.5 Å². The van der Waals surface area contributed by atoms with E-state index in [0.29, 0.717) is 17.7 Å². The van der Waals surface area contributed by atoms with Gasteiger partial charge in [0.25, 0.3) is 0 Å². The van der Waals surface area contributed by atoms with Crippen molar-refractivity contribution in [3.05, 3.63) is 29.3 Å². The molecular weight excluding hydrogens is 396 g/mol. The van der Waals surface area contributed by atoms with E-state index < -0.39 is 0 Å². The van der Waals surface area contributed by atoms with Gasteiger partial charge in [-0.3, -0.25) is 9.69 Å². The van der Waals surface area contributed by atoms with Gasteiger partial charge in [-0.25, -0.2) is 0 Å². The minimum atomic E-state index is 0. The number of rotatable bonds is 6. The van der Waals surface area contributed by atoms with Crippen LogP contribution >= 0.6 is 12.4 Å². The number of hydrogen-bond acceptors (Lipinski definition) is 3. The van der Waals surface area contributed by atoms with Gasteiger partial charge in [-0.2, -0.15) is 0 Å². The quantitative estimate of drug-likeness (QED) is 0.628. The number of piperazine rings is 1. The highest BCUT2D eigenvalue weighted by Crippen LogP contribution is 2.38. The summed E-state index contributed by atoms with van der Waals surface area (Å²) in [5.41, 5.74) is 2.97. The van der Waals surface area contributed by atoms with E-state index in [2.05, 4.69) is 28.0 Å². The lowest BCUT2D eigenvalue weighted by molar-refractivity contribution is -0.138. The fraction of sp³-hybridized carbons (Fsp3) is 0.720. The van der Waals surface area contributed by atoms with Gasteiger partial charge in [0.2, 0.25) is 5.91 Å². The van der Waals surface area contributed by atoms with Gasteiger partial charge < -0.3 is 9.64 Å². The standard InChI is InChI=1S/C25H38N2O2.ClH/c1-29-24-14-6-12-22-20(10-5-13-23(22)24)11-7-15-26-16-18-27(19-17-26)25(28)21-8-3-2-4-9-21;/h6,12,14,20-21H,2-5,7-11,13,15-19H2,1H3;1H. The summed E-state index contributed by atoms with van der Waals surface area (Å²) in [6, 6.07) is 6.57. The Morgan fingerprint density at radius 1 is 1.03 bits per heavy atom. The molecule has 4 rings (SSSR count). The molecule has 2 fully saturated rings. The van der Waals surface area contributed by atoms with E-state index in [1.54, 1.807) is 7.11 Å². The van der Waals surface area contributed by atoms with Crippen molar-refractivity contribution in [3.8, 4) is 5.75 Å². The fourth-order valence-corrected chi connectivity index (χ4v) is 5.77. The molecule has 1 aromatic carbocycles. The number of halogens is 1. The van der Waals surface area contributed by atoms with Crippen LogP contribution in [0.1, 0.15) is 74.8 Å². The molecule has 0 spiro atoms. The molecule has 1 amide bonds. The summed E-state index contributed by atoms with van der Waals surface area (Å²) in [6.07, 6.45) is 12.3. The lowest BCUT2D eigenvalue weighted by Gasteiger charge is -2.37. The van der Waals surface area contributed by atoms with Gasteiger partial charge in [-0.05, 0) is 74.6 Å². The molecule has 0 radical (unpaired) electrons. The number of nitrogens with zero attached hydrogens (tertiary/aromatic N) is 2. The molecule has 1 aromatic rings. The van der Waals surface area contributed by atoms with Crippen LogP contribution in [0.5, 0.6) is 5.75 Å². The summed E-state index contributed by atoms with van der Waals surface area (Å²) in [5.74, 6) is 2.52. The molecule has 1 heterocycles. The molecule has 1 saturated carbocycles. The molecule has 0 aromatic heterocycles. The first-order valence-corrected chi connectivity index (χ1v) is 11.9. The van der Waals surface area contributed by atoms with Crippen molar-refractivity contribution in [2.75, 3.05) is 39.8 Å². The molecule has 1 atom stereocenters. The first-order valence-electron chi connectivity index (χ1n) is 11.9. The molecule has 4 nitrogen and oxygen atoms in total. The van der Waals surface area contributed by atoms with Crippen LogP contribution in [0.15, 0.2) is 18.2 Å². The second-order valence-corrected chi connectivity index (χ2v) is 9.26. The third kappa shape index (κ3) is 5.50. The van der Waals surface area contributed by atoms with E-state index in [1.807, 2.05) is 0 Å². The van der Waals surface area contributed by atoms with E-state index in [0.717, 1.165) is 51.2 Å². The molecule has 0 bridgehead atoms. The minimum Gasteiger partial charge on any atom is -0.496 e. The monoisotopic (exact) mass is 434 g/mol. The second-order valence-electron chi connectivity index (χ2n) is 9.26. The molecular formula is C25H39ClN2O2. The van der Waals surface area contributed by atoms with Gasteiger partial charge in [-0.15, -0.1) is 12.4 Å². The summed E-state index contributed by atoms with van der Waals surface area (Å²) >= 11 is 0. The van der Waals surface area contributed by atoms with E-state index in [-0.39, 0.29) is 12.4 Å². The van der Waals surface area contributed by atoms with E-state index in [9.17, 15) is 4.79 Å². The number of carbonyl (C=O) groups is 1. The average Bonchev–Trinajstić information content (AvgIpc) is 2.79. The maximum atomic E-state index is 12.7. The van der Waals surface area contributed by atoms with E-state index >= 15 is 0 Å². The molecule has 1 unspecified atom stereocenters. The molecule has 2 aliphatic carbocycles. The first-order chi connectivity index (χ1) is 14.3. The second kappa shape index (κ2) is 11.4. The van der Waals surface area contributed by atoms with Crippen molar-refractivity contribution in [2.24, 2.45) is 5.92 Å². The highest BCUT2D eigenvalue weighted by Gasteiger charge is 2.28. The summed E-state index contributed by atoms with van der Waals surface area (Å²) in [7, 11) is 1.79. The summed E-state index contributed by atoms with van der Waals surface area (Å²) < 4.78 is 5.59. The normalized spacial score (nSPS) is 22.8. The average molecular weight is 435 g/mol. The minimum absolute atomic E-state index is 0. The number of carbonyl (C=O) groups excluding carboxylic acids is 1. The summed E-state index contributed by atoms with van der Waals surface area (Å²) in [6.45, 7) is 5.12. The third-order valence-corrected chi connectivity index (χ3v) is 7.47. The number of benzene rings is 1. The molecule has 3 aliphatic rings. The SMILES string of the molecule is COc1cccc2c1CCCC2CCCN1CCN(C(=O)C2CCCCC2)CC1.Cl. The maximum Gasteiger partial charge on any atom is 0.225 e. The topological polar surface area (TPSA) is 32.8 Å². The number of ether oxygens (including phenoxy) is 1. The van der Waals surface area contributed by atoms with Gasteiger partial charge in [0.15, 0.2) is 0 Å². The molecule has 1 aliphatic heterocycles. The number of methoxy groups -OCH3 is 1. The van der Waals surface area contributed by atoms with Crippen LogP contribution in [0.25, 0.3) is 0 Å². The largest absolute Gasteiger partial charge is 0.496 e. The van der Waals surface area contributed by atoms with Gasteiger partial charge in [0, 0.05) is 32.1 Å². The van der Waals surface area contributed by atoms with Gasteiger partial charge >= 0.3 is 0 Å². The molecule has 168 valence electrons. The van der Waals surface area contributed by atoms with Crippen LogP contribution < -0.4 is 4.74 Å². The lowest BCUT2D eigenvalue weighted by atomic mass is 9.80. The van der Waals surface area contributed by atoms with E-state index in [1.165, 1.54) is 62.6 Å². The highest BCUT2D eigenvalue weighted by atomic mass is 35.5. The van der Waals surface area contributed by atoms with Crippen molar-refractivity contribution in [2.45, 2.75) is 70.1 Å². The fourth-order valence-electron chi connectivity index (χ4n) is 5.77. The zero-order valence-corrected chi connectivity index (χ0v) is 19.4. The van der Waals surface area contributed by atoms with Crippen molar-refractivity contribution in [1.82, 2.24) is 9.80 Å². The Morgan fingerprint density at radius 2 is 1.80 bits per heavy atom. The van der Waals surface area contributed by atoms with Crippen LogP contribution in [0, 0.1) is 5.92 Å². The van der Waals surface area contributed by atoms with Crippen molar-refractivity contribution < 1.29 is 9.53 Å². The number of amides is 1. The van der Waals surface area contributed by atoms with Crippen LogP contribution in [-0.2, 0) is 11.2 Å². The van der Waals surface area contributed by atoms with Gasteiger partial charge in [0.1, 0.15) is 5.75 Å². The molecule has 1 saturated heterocycles. The Labute approximate surface area is 188 Å². The summed E-state index contributed by atoms with van der Waals surface area (Å²) in [5, 5.41) is 0. The predicted molar refractivity (Wildman–Crippen MR) is 125 cm³/mol. The van der Waals surface area contributed by atoms with Gasteiger partial charge in [-0.1, -0.05) is 31.4 Å². The Hall–Kier alpha value is -1.26. The zero-order valence-electron chi connectivity index (χ0n) is 18.6. The number of hydrogen-bond donors (Lipinski definition) is 0. The smallest absolute Gasteiger partial charge is 0.225 e. The molecule has 0 N–H and O–H groups in total. The number of fused-ring (bicyclic) bond motifs is 1. The Balaban J connectivity index is 0.00000256. The third-order valence-electron chi connectivity index (χ3n) is 7.47. The highest BCUT2D eigenvalue weighted by molar-refractivity contribution is 5.85. The molecule has 30 heavy (non-hydrogen) atoms. The Kier molecular flexibility index (Phi) is 8.88. The van der Waals surface area contributed by atoms with E-state index in [4.69, 9.17) is 4.74 Å². The van der Waals surface area contributed by atoms with Crippen molar-refractivity contribution >= 4 is 18.3 Å². The van der Waals surface area contributed by atoms with Crippen LogP contribution in [0.2, 0.25) is 0 Å². The lowest BCUT2D eigenvalue weighted by Crippen LogP contribution is -2.50. The van der Waals surface area contributed by atoms with Gasteiger partial charge in [0.05, 0.1) is 7.11 Å². The maximum absolute atomic E-state index is 12.7.